The van der Waals surface area contributed by atoms with Crippen LogP contribution in [0.25, 0.3) is 10.9 Å². The number of carboxylic acid groups (broad SMARTS) is 1. The number of rotatable bonds is 3. The van der Waals surface area contributed by atoms with E-state index in [4.69, 9.17) is 16.7 Å². The number of fused-ring (bicyclic) bond motifs is 1. The maximum absolute atomic E-state index is 11.1. The fraction of sp³-hybridized carbons (Fsp3) is 0.118. The molecular formula is C17H14ClNO2S. The monoisotopic (exact) mass is 331 g/mol. The molecule has 0 bridgehead atoms. The number of aromatic nitrogens is 1. The van der Waals surface area contributed by atoms with Crippen LogP contribution in [0, 0.1) is 6.92 Å². The highest BCUT2D eigenvalue weighted by atomic mass is 35.5. The minimum atomic E-state index is -0.913. The fourth-order valence-electron chi connectivity index (χ4n) is 2.44. The number of nitrogens with zero attached hydrogens (tertiary/aromatic N) is 1. The van der Waals surface area contributed by atoms with Gasteiger partial charge >= 0.3 is 5.97 Å². The second kappa shape index (κ2) is 5.71. The van der Waals surface area contributed by atoms with E-state index in [0.29, 0.717) is 10.6 Å². The Labute approximate surface area is 137 Å². The van der Waals surface area contributed by atoms with Crippen LogP contribution in [0.1, 0.15) is 16.1 Å². The average molecular weight is 332 g/mol. The Morgan fingerprint density at radius 2 is 2.00 bits per heavy atom. The molecule has 22 heavy (non-hydrogen) atoms. The summed E-state index contributed by atoms with van der Waals surface area (Å²) in [5.74, 6) is -0.913. The van der Waals surface area contributed by atoms with Crippen molar-refractivity contribution in [3.63, 3.8) is 0 Å². The lowest BCUT2D eigenvalue weighted by Crippen LogP contribution is -1.95. The highest BCUT2D eigenvalue weighted by Crippen LogP contribution is 2.38. The highest BCUT2D eigenvalue weighted by molar-refractivity contribution is 7.99. The van der Waals surface area contributed by atoms with Gasteiger partial charge in [-0.05, 0) is 37.3 Å². The molecule has 0 aliphatic rings. The number of benzene rings is 2. The first-order valence-corrected chi connectivity index (χ1v) is 7.92. The van der Waals surface area contributed by atoms with Crippen LogP contribution in [0.5, 0.6) is 0 Å². The number of hydrogen-bond acceptors (Lipinski definition) is 2. The summed E-state index contributed by atoms with van der Waals surface area (Å²) in [4.78, 5) is 13.1. The smallest absolute Gasteiger partial charge is 0.335 e. The molecule has 1 N–H and O–H groups in total. The molecule has 0 saturated heterocycles. The van der Waals surface area contributed by atoms with Gasteiger partial charge in [0, 0.05) is 32.9 Å². The first-order chi connectivity index (χ1) is 10.5. The lowest BCUT2D eigenvalue weighted by atomic mass is 10.2. The third-order valence-electron chi connectivity index (χ3n) is 3.70. The zero-order valence-electron chi connectivity index (χ0n) is 12.1. The van der Waals surface area contributed by atoms with Crippen LogP contribution in [0.2, 0.25) is 5.02 Å². The molecule has 5 heteroatoms. The minimum Gasteiger partial charge on any atom is -0.478 e. The molecule has 0 unspecified atom stereocenters. The fourth-order valence-corrected chi connectivity index (χ4v) is 3.74. The summed E-state index contributed by atoms with van der Waals surface area (Å²) < 4.78 is 2.10. The quantitative estimate of drug-likeness (QED) is 0.735. The second-order valence-corrected chi connectivity index (χ2v) is 6.59. The van der Waals surface area contributed by atoms with Crippen LogP contribution >= 0.6 is 23.4 Å². The third-order valence-corrected chi connectivity index (χ3v) is 5.14. The van der Waals surface area contributed by atoms with E-state index in [1.165, 1.54) is 0 Å². The van der Waals surface area contributed by atoms with E-state index in [-0.39, 0.29) is 0 Å². The Morgan fingerprint density at radius 3 is 2.73 bits per heavy atom. The summed E-state index contributed by atoms with van der Waals surface area (Å²) in [6, 6.07) is 12.8. The van der Waals surface area contributed by atoms with Gasteiger partial charge < -0.3 is 9.67 Å². The van der Waals surface area contributed by atoms with Crippen molar-refractivity contribution in [1.82, 2.24) is 4.57 Å². The molecule has 1 aromatic heterocycles. The molecule has 0 atom stereocenters. The number of aromatic carboxylic acids is 1. The maximum Gasteiger partial charge on any atom is 0.335 e. The van der Waals surface area contributed by atoms with Crippen molar-refractivity contribution in [3.05, 3.63) is 58.7 Å². The van der Waals surface area contributed by atoms with Gasteiger partial charge in [0.05, 0.1) is 11.1 Å². The van der Waals surface area contributed by atoms with E-state index in [0.717, 1.165) is 26.4 Å². The van der Waals surface area contributed by atoms with Crippen LogP contribution in [0.15, 0.2) is 52.3 Å². The molecule has 1 heterocycles. The molecule has 2 aromatic carbocycles. The standard InChI is InChI=1S/C17H14ClNO2S/c1-10-16(14-7-6-12(18)9-15(14)19(10)2)22-13-5-3-4-11(8-13)17(20)21/h3-9H,1-2H3,(H,20,21). The summed E-state index contributed by atoms with van der Waals surface area (Å²) in [6.45, 7) is 2.05. The third kappa shape index (κ3) is 2.60. The lowest BCUT2D eigenvalue weighted by molar-refractivity contribution is 0.0696. The number of aryl methyl sites for hydroxylation is 1. The normalized spacial score (nSPS) is 11.0. The summed E-state index contributed by atoms with van der Waals surface area (Å²) in [6.07, 6.45) is 0. The van der Waals surface area contributed by atoms with Crippen molar-refractivity contribution in [1.29, 1.82) is 0 Å². The first kappa shape index (κ1) is 15.0. The van der Waals surface area contributed by atoms with E-state index >= 15 is 0 Å². The number of carbonyl (C=O) groups is 1. The molecule has 0 radical (unpaired) electrons. The van der Waals surface area contributed by atoms with Gasteiger partial charge in [-0.3, -0.25) is 0 Å². The summed E-state index contributed by atoms with van der Waals surface area (Å²) in [5.41, 5.74) is 2.50. The van der Waals surface area contributed by atoms with Gasteiger partial charge in [0.1, 0.15) is 0 Å². The van der Waals surface area contributed by atoms with Crippen molar-refractivity contribution in [3.8, 4) is 0 Å². The first-order valence-electron chi connectivity index (χ1n) is 6.73. The molecule has 0 aliphatic heterocycles. The van der Waals surface area contributed by atoms with Gasteiger partial charge in [-0.25, -0.2) is 4.79 Å². The average Bonchev–Trinajstić information content (AvgIpc) is 2.72. The predicted molar refractivity (Wildman–Crippen MR) is 90.2 cm³/mol. The van der Waals surface area contributed by atoms with E-state index in [2.05, 4.69) is 11.5 Å². The van der Waals surface area contributed by atoms with Crippen molar-refractivity contribution in [2.24, 2.45) is 7.05 Å². The van der Waals surface area contributed by atoms with Gasteiger partial charge in [0.25, 0.3) is 0 Å². The van der Waals surface area contributed by atoms with Crippen molar-refractivity contribution in [2.75, 3.05) is 0 Å². The number of carboxylic acids is 1. The molecule has 0 saturated carbocycles. The van der Waals surface area contributed by atoms with E-state index in [9.17, 15) is 4.79 Å². The van der Waals surface area contributed by atoms with Crippen molar-refractivity contribution in [2.45, 2.75) is 16.7 Å². The molecular weight excluding hydrogens is 318 g/mol. The minimum absolute atomic E-state index is 0.297. The van der Waals surface area contributed by atoms with Crippen LogP contribution in [0.4, 0.5) is 0 Å². The van der Waals surface area contributed by atoms with Gasteiger partial charge in [-0.15, -0.1) is 0 Å². The molecule has 0 amide bonds. The Balaban J connectivity index is 2.09. The van der Waals surface area contributed by atoms with E-state index < -0.39 is 5.97 Å². The lowest BCUT2D eigenvalue weighted by Gasteiger charge is -2.04. The van der Waals surface area contributed by atoms with Crippen molar-refractivity contribution >= 4 is 40.2 Å². The maximum atomic E-state index is 11.1. The summed E-state index contributed by atoms with van der Waals surface area (Å²) >= 11 is 7.66. The Kier molecular flexibility index (Phi) is 3.89. The molecule has 3 rings (SSSR count). The predicted octanol–water partition coefficient (Wildman–Crippen LogP) is 4.99. The topological polar surface area (TPSA) is 42.2 Å². The van der Waals surface area contributed by atoms with E-state index in [1.807, 2.05) is 31.3 Å². The van der Waals surface area contributed by atoms with Crippen LogP contribution in [-0.2, 0) is 7.05 Å². The number of hydrogen-bond donors (Lipinski definition) is 1. The Bertz CT molecular complexity index is 886. The van der Waals surface area contributed by atoms with Crippen LogP contribution in [0.3, 0.4) is 0 Å². The van der Waals surface area contributed by atoms with Gasteiger partial charge in [-0.2, -0.15) is 0 Å². The zero-order chi connectivity index (χ0) is 15.9. The molecule has 0 spiro atoms. The highest BCUT2D eigenvalue weighted by Gasteiger charge is 2.14. The molecule has 0 aliphatic carbocycles. The number of halogens is 1. The van der Waals surface area contributed by atoms with Gasteiger partial charge in [0.2, 0.25) is 0 Å². The van der Waals surface area contributed by atoms with Crippen LogP contribution in [-0.4, -0.2) is 15.6 Å². The van der Waals surface area contributed by atoms with Crippen molar-refractivity contribution < 1.29 is 9.90 Å². The molecule has 112 valence electrons. The summed E-state index contributed by atoms with van der Waals surface area (Å²) in [5, 5.41) is 10.9. The molecule has 3 nitrogen and oxygen atoms in total. The second-order valence-electron chi connectivity index (χ2n) is 5.07. The Morgan fingerprint density at radius 1 is 1.23 bits per heavy atom. The van der Waals surface area contributed by atoms with E-state index in [1.54, 1.807) is 30.0 Å². The summed E-state index contributed by atoms with van der Waals surface area (Å²) in [7, 11) is 2.01. The zero-order valence-corrected chi connectivity index (χ0v) is 13.7. The SMILES string of the molecule is Cc1c(Sc2cccc(C(=O)O)c2)c2ccc(Cl)cc2n1C. The molecule has 0 fully saturated rings. The van der Waals surface area contributed by atoms with Gasteiger partial charge in [-0.1, -0.05) is 35.5 Å². The van der Waals surface area contributed by atoms with Crippen LogP contribution < -0.4 is 0 Å². The Hall–Kier alpha value is -1.91. The molecule has 3 aromatic rings. The largest absolute Gasteiger partial charge is 0.478 e. The van der Waals surface area contributed by atoms with Gasteiger partial charge in [0.15, 0.2) is 0 Å².